The second-order valence-corrected chi connectivity index (χ2v) is 7.37. The third-order valence-corrected chi connectivity index (χ3v) is 6.20. The van der Waals surface area contributed by atoms with Gasteiger partial charge in [-0.15, -0.1) is 11.3 Å². The van der Waals surface area contributed by atoms with Crippen molar-refractivity contribution < 1.29 is 4.39 Å². The van der Waals surface area contributed by atoms with Crippen LogP contribution in [0.25, 0.3) is 0 Å². The Hall–Kier alpha value is 0.1000. The molecular formula is C12H8Br2ClFS. The maximum Gasteiger partial charge on any atom is 0.142 e. The van der Waals surface area contributed by atoms with Gasteiger partial charge in [0.1, 0.15) is 5.82 Å². The summed E-state index contributed by atoms with van der Waals surface area (Å²) in [5.74, 6) is -0.388. The quantitative estimate of drug-likeness (QED) is 0.537. The van der Waals surface area contributed by atoms with Gasteiger partial charge in [-0.25, -0.2) is 4.39 Å². The van der Waals surface area contributed by atoms with Crippen LogP contribution in [0.1, 0.15) is 20.8 Å². The predicted octanol–water partition coefficient (Wildman–Crippen LogP) is 6.10. The number of thiophene rings is 1. The Morgan fingerprint density at radius 3 is 2.59 bits per heavy atom. The van der Waals surface area contributed by atoms with Gasteiger partial charge in [0.25, 0.3) is 0 Å². The molecule has 0 nitrogen and oxygen atoms in total. The molecule has 0 saturated heterocycles. The van der Waals surface area contributed by atoms with Gasteiger partial charge in [-0.1, -0.05) is 33.6 Å². The minimum Gasteiger partial charge on any atom is -0.205 e. The second kappa shape index (κ2) is 5.39. The van der Waals surface area contributed by atoms with Crippen LogP contribution in [0.2, 0.25) is 5.02 Å². The van der Waals surface area contributed by atoms with Crippen molar-refractivity contribution in [2.45, 2.75) is 11.8 Å². The van der Waals surface area contributed by atoms with E-state index in [4.69, 9.17) is 11.6 Å². The molecular weight excluding hydrogens is 390 g/mol. The van der Waals surface area contributed by atoms with E-state index in [-0.39, 0.29) is 15.7 Å². The first-order chi connectivity index (χ1) is 7.99. The topological polar surface area (TPSA) is 0 Å². The Kier molecular flexibility index (Phi) is 4.29. The van der Waals surface area contributed by atoms with Crippen LogP contribution in [0.5, 0.6) is 0 Å². The summed E-state index contributed by atoms with van der Waals surface area (Å²) in [4.78, 5) is 1.13. The van der Waals surface area contributed by atoms with Gasteiger partial charge >= 0.3 is 0 Å². The Bertz CT molecular complexity index is 534. The molecule has 90 valence electrons. The van der Waals surface area contributed by atoms with Gasteiger partial charge in [-0.05, 0) is 52.2 Å². The van der Waals surface area contributed by atoms with E-state index < -0.39 is 0 Å². The average Bonchev–Trinajstić information content (AvgIpc) is 2.62. The molecule has 5 heteroatoms. The largest absolute Gasteiger partial charge is 0.205 e. The molecule has 1 atom stereocenters. The van der Waals surface area contributed by atoms with E-state index in [9.17, 15) is 4.39 Å². The zero-order valence-electron chi connectivity index (χ0n) is 8.81. The van der Waals surface area contributed by atoms with Crippen molar-refractivity contribution in [1.82, 2.24) is 0 Å². The highest BCUT2D eigenvalue weighted by Gasteiger charge is 2.15. The Morgan fingerprint density at radius 2 is 2.06 bits per heavy atom. The van der Waals surface area contributed by atoms with E-state index in [0.29, 0.717) is 0 Å². The standard InChI is InChI=1S/C12H8Br2ClFS/c1-6-4-10(17-12(6)14)11(13)7-2-3-8(15)9(16)5-7/h2-5,11H,1H3. The van der Waals surface area contributed by atoms with Gasteiger partial charge in [0.05, 0.1) is 13.6 Å². The van der Waals surface area contributed by atoms with E-state index in [2.05, 4.69) is 37.9 Å². The summed E-state index contributed by atoms with van der Waals surface area (Å²) in [5, 5.41) is 0.150. The molecule has 0 aliphatic carbocycles. The minimum atomic E-state index is -0.388. The molecule has 0 spiro atoms. The van der Waals surface area contributed by atoms with E-state index >= 15 is 0 Å². The second-order valence-electron chi connectivity index (χ2n) is 3.64. The van der Waals surface area contributed by atoms with Gasteiger partial charge in [0.2, 0.25) is 0 Å². The zero-order chi connectivity index (χ0) is 12.6. The molecule has 1 unspecified atom stereocenters. The molecule has 0 aliphatic rings. The lowest BCUT2D eigenvalue weighted by Crippen LogP contribution is -1.91. The SMILES string of the molecule is Cc1cc(C(Br)c2ccc(Cl)c(F)c2)sc1Br. The van der Waals surface area contributed by atoms with Gasteiger partial charge in [-0.2, -0.15) is 0 Å². The lowest BCUT2D eigenvalue weighted by atomic mass is 10.1. The summed E-state index contributed by atoms with van der Waals surface area (Å²) in [6.07, 6.45) is 0. The average molecular weight is 399 g/mol. The van der Waals surface area contributed by atoms with Gasteiger partial charge in [0, 0.05) is 4.88 Å². The summed E-state index contributed by atoms with van der Waals surface area (Å²) in [5.41, 5.74) is 2.05. The highest BCUT2D eigenvalue weighted by atomic mass is 79.9. The number of benzene rings is 1. The molecule has 1 aromatic heterocycles. The summed E-state index contributed by atoms with van der Waals surface area (Å²) in [6, 6.07) is 6.95. The van der Waals surface area contributed by atoms with Crippen molar-refractivity contribution >= 4 is 54.8 Å². The lowest BCUT2D eigenvalue weighted by Gasteiger charge is -2.08. The zero-order valence-corrected chi connectivity index (χ0v) is 13.6. The first kappa shape index (κ1) is 13.5. The van der Waals surface area contributed by atoms with Gasteiger partial charge in [-0.3, -0.25) is 0 Å². The minimum absolute atomic E-state index is 0.00994. The Labute approximate surface area is 125 Å². The Morgan fingerprint density at radius 1 is 1.35 bits per heavy atom. The number of halogens is 4. The number of rotatable bonds is 2. The van der Waals surface area contributed by atoms with Crippen LogP contribution in [0, 0.1) is 12.7 Å². The molecule has 2 aromatic rings. The maximum absolute atomic E-state index is 13.4. The molecule has 0 aliphatic heterocycles. The third kappa shape index (κ3) is 2.92. The van der Waals surface area contributed by atoms with Crippen LogP contribution >= 0.6 is 54.8 Å². The van der Waals surface area contributed by atoms with Gasteiger partial charge < -0.3 is 0 Å². The predicted molar refractivity (Wildman–Crippen MR) is 78.9 cm³/mol. The van der Waals surface area contributed by atoms with Crippen molar-refractivity contribution in [1.29, 1.82) is 0 Å². The van der Waals surface area contributed by atoms with Crippen LogP contribution < -0.4 is 0 Å². The maximum atomic E-state index is 13.4. The molecule has 1 heterocycles. The number of alkyl halides is 1. The lowest BCUT2D eigenvalue weighted by molar-refractivity contribution is 0.626. The fraction of sp³-hybridized carbons (Fsp3) is 0.167. The van der Waals surface area contributed by atoms with Gasteiger partial charge in [0.15, 0.2) is 0 Å². The first-order valence-electron chi connectivity index (χ1n) is 4.84. The highest BCUT2D eigenvalue weighted by Crippen LogP contribution is 2.39. The van der Waals surface area contributed by atoms with Crippen molar-refractivity contribution in [3.05, 3.63) is 54.9 Å². The summed E-state index contributed by atoms with van der Waals surface area (Å²) < 4.78 is 14.5. The van der Waals surface area contributed by atoms with Crippen molar-refractivity contribution in [3.8, 4) is 0 Å². The van der Waals surface area contributed by atoms with Crippen LogP contribution in [-0.4, -0.2) is 0 Å². The van der Waals surface area contributed by atoms with Crippen molar-refractivity contribution in [2.75, 3.05) is 0 Å². The normalized spacial score (nSPS) is 12.8. The van der Waals surface area contributed by atoms with Crippen LogP contribution in [0.3, 0.4) is 0 Å². The smallest absolute Gasteiger partial charge is 0.142 e. The molecule has 2 rings (SSSR count). The molecule has 0 radical (unpaired) electrons. The molecule has 17 heavy (non-hydrogen) atoms. The monoisotopic (exact) mass is 396 g/mol. The molecule has 0 amide bonds. The van der Waals surface area contributed by atoms with Crippen molar-refractivity contribution in [3.63, 3.8) is 0 Å². The van der Waals surface area contributed by atoms with Crippen LogP contribution in [0.4, 0.5) is 4.39 Å². The third-order valence-electron chi connectivity index (χ3n) is 2.36. The summed E-state index contributed by atoms with van der Waals surface area (Å²) in [7, 11) is 0. The first-order valence-corrected chi connectivity index (χ1v) is 7.74. The van der Waals surface area contributed by atoms with Crippen molar-refractivity contribution in [2.24, 2.45) is 0 Å². The fourth-order valence-electron chi connectivity index (χ4n) is 1.44. The molecule has 1 aromatic carbocycles. The van der Waals surface area contributed by atoms with E-state index in [0.717, 1.165) is 14.2 Å². The Balaban J connectivity index is 2.36. The van der Waals surface area contributed by atoms with Crippen LogP contribution in [0.15, 0.2) is 28.1 Å². The summed E-state index contributed by atoms with van der Waals surface area (Å²) >= 11 is 14.4. The molecule has 0 N–H and O–H groups in total. The van der Waals surface area contributed by atoms with E-state index in [1.165, 1.54) is 11.6 Å². The van der Waals surface area contributed by atoms with E-state index in [1.54, 1.807) is 17.4 Å². The molecule has 0 bridgehead atoms. The molecule has 0 fully saturated rings. The van der Waals surface area contributed by atoms with E-state index in [1.807, 2.05) is 13.0 Å². The number of aryl methyl sites for hydroxylation is 1. The van der Waals surface area contributed by atoms with Crippen LogP contribution in [-0.2, 0) is 0 Å². The number of hydrogen-bond acceptors (Lipinski definition) is 1. The number of hydrogen-bond donors (Lipinski definition) is 0. The summed E-state index contributed by atoms with van der Waals surface area (Å²) in [6.45, 7) is 2.03. The molecule has 0 saturated carbocycles. The fourth-order valence-corrected chi connectivity index (χ4v) is 3.83. The highest BCUT2D eigenvalue weighted by molar-refractivity contribution is 9.11.